The van der Waals surface area contributed by atoms with Crippen molar-refractivity contribution in [2.24, 2.45) is 0 Å². The van der Waals surface area contributed by atoms with Crippen LogP contribution in [0.2, 0.25) is 0 Å². The second-order valence-electron chi connectivity index (χ2n) is 6.25. The van der Waals surface area contributed by atoms with E-state index >= 15 is 0 Å². The summed E-state index contributed by atoms with van der Waals surface area (Å²) >= 11 is 0. The van der Waals surface area contributed by atoms with E-state index in [1.165, 1.54) is 0 Å². The van der Waals surface area contributed by atoms with Crippen LogP contribution in [0.4, 0.5) is 11.4 Å². The minimum atomic E-state index is -0.809. The molecule has 5 nitrogen and oxygen atoms in total. The maximum Gasteiger partial charge on any atom is 0.348 e. The van der Waals surface area contributed by atoms with Gasteiger partial charge in [-0.15, -0.1) is 0 Å². The first-order valence-corrected chi connectivity index (χ1v) is 8.36. The first kappa shape index (κ1) is 16.6. The zero-order chi connectivity index (χ0) is 19.0. The van der Waals surface area contributed by atoms with Crippen molar-refractivity contribution in [1.82, 2.24) is 0 Å². The van der Waals surface area contributed by atoms with Crippen molar-refractivity contribution < 1.29 is 14.3 Å². The van der Waals surface area contributed by atoms with Crippen molar-refractivity contribution in [2.45, 2.75) is 0 Å². The number of carbonyl (C=O) groups is 2. The number of carbonyl (C=O) groups excluding carboxylic acids is 2. The van der Waals surface area contributed by atoms with E-state index in [2.05, 4.69) is 0 Å². The molecule has 0 aliphatic heterocycles. The summed E-state index contributed by atoms with van der Waals surface area (Å²) in [6.07, 6.45) is 0. The second kappa shape index (κ2) is 6.46. The van der Waals surface area contributed by atoms with E-state index in [4.69, 9.17) is 16.2 Å². The van der Waals surface area contributed by atoms with Gasteiger partial charge >= 0.3 is 11.9 Å². The highest BCUT2D eigenvalue weighted by molar-refractivity contribution is 6.10. The summed E-state index contributed by atoms with van der Waals surface area (Å²) in [4.78, 5) is 25.0. The Labute approximate surface area is 155 Å². The average Bonchev–Trinajstić information content (AvgIpc) is 2.66. The molecule has 27 heavy (non-hydrogen) atoms. The molecule has 0 radical (unpaired) electrons. The summed E-state index contributed by atoms with van der Waals surface area (Å²) in [7, 11) is 0. The van der Waals surface area contributed by atoms with E-state index in [1.54, 1.807) is 24.3 Å². The Morgan fingerprint density at radius 1 is 0.593 bits per heavy atom. The Hall–Kier alpha value is -3.86. The molecule has 0 heterocycles. The van der Waals surface area contributed by atoms with Gasteiger partial charge in [-0.25, -0.2) is 9.59 Å². The highest BCUT2D eigenvalue weighted by atomic mass is 16.6. The highest BCUT2D eigenvalue weighted by Gasteiger charge is 2.20. The average molecular weight is 356 g/mol. The van der Waals surface area contributed by atoms with Gasteiger partial charge < -0.3 is 16.2 Å². The Morgan fingerprint density at radius 3 is 1.30 bits per heavy atom. The first-order chi connectivity index (χ1) is 13.0. The molecule has 0 aliphatic carbocycles. The fourth-order valence-corrected chi connectivity index (χ4v) is 3.06. The minimum absolute atomic E-state index is 0.140. The monoisotopic (exact) mass is 356 g/mol. The number of anilines is 2. The van der Waals surface area contributed by atoms with E-state index in [-0.39, 0.29) is 22.5 Å². The van der Waals surface area contributed by atoms with Crippen LogP contribution in [0.15, 0.2) is 72.8 Å². The number of fused-ring (bicyclic) bond motifs is 2. The Kier molecular flexibility index (Phi) is 3.97. The Bertz CT molecular complexity index is 1120. The number of rotatable bonds is 2. The van der Waals surface area contributed by atoms with Crippen LogP contribution in [0.25, 0.3) is 21.5 Å². The molecular weight excluding hydrogens is 340 g/mol. The molecule has 0 unspecified atom stereocenters. The molecule has 0 atom stereocenters. The van der Waals surface area contributed by atoms with E-state index in [0.717, 1.165) is 21.5 Å². The lowest BCUT2D eigenvalue weighted by atomic mass is 10.0. The van der Waals surface area contributed by atoms with Gasteiger partial charge in [0.25, 0.3) is 0 Å². The third kappa shape index (κ3) is 3.06. The maximum atomic E-state index is 12.5. The van der Waals surface area contributed by atoms with Gasteiger partial charge in [-0.2, -0.15) is 0 Å². The molecule has 4 N–H and O–H groups in total. The molecule has 4 rings (SSSR count). The molecule has 132 valence electrons. The Balaban J connectivity index is 1.66. The van der Waals surface area contributed by atoms with Crippen LogP contribution in [-0.2, 0) is 4.74 Å². The molecule has 4 aromatic rings. The zero-order valence-electron chi connectivity index (χ0n) is 14.3. The van der Waals surface area contributed by atoms with E-state index in [0.29, 0.717) is 0 Å². The van der Waals surface area contributed by atoms with Crippen LogP contribution in [0.1, 0.15) is 20.7 Å². The lowest BCUT2D eigenvalue weighted by Gasteiger charge is -2.10. The van der Waals surface area contributed by atoms with E-state index in [1.807, 2.05) is 48.5 Å². The van der Waals surface area contributed by atoms with Gasteiger partial charge in [-0.05, 0) is 45.8 Å². The summed E-state index contributed by atoms with van der Waals surface area (Å²) in [6.45, 7) is 0. The number of nitrogen functional groups attached to an aromatic ring is 2. The van der Waals surface area contributed by atoms with Crippen LogP contribution < -0.4 is 11.5 Å². The topological polar surface area (TPSA) is 95.4 Å². The number of benzene rings is 4. The number of ether oxygens (including phenoxy) is 1. The van der Waals surface area contributed by atoms with Gasteiger partial charge in [0.1, 0.15) is 0 Å². The molecule has 0 aliphatic rings. The summed E-state index contributed by atoms with van der Waals surface area (Å²) in [5, 5.41) is 3.46. The summed E-state index contributed by atoms with van der Waals surface area (Å²) in [5.41, 5.74) is 12.7. The molecule has 0 aromatic heterocycles. The molecular formula is C22H16N2O3. The maximum absolute atomic E-state index is 12.5. The van der Waals surface area contributed by atoms with Gasteiger partial charge in [-0.3, -0.25) is 0 Å². The lowest BCUT2D eigenvalue weighted by molar-refractivity contribution is 0.0399. The summed E-state index contributed by atoms with van der Waals surface area (Å²) in [5.74, 6) is -1.62. The third-order valence-corrected chi connectivity index (χ3v) is 4.46. The van der Waals surface area contributed by atoms with Crippen molar-refractivity contribution in [2.75, 3.05) is 11.5 Å². The van der Waals surface area contributed by atoms with Crippen LogP contribution in [-0.4, -0.2) is 11.9 Å². The van der Waals surface area contributed by atoms with Crippen LogP contribution in [0.5, 0.6) is 0 Å². The van der Waals surface area contributed by atoms with E-state index in [9.17, 15) is 9.59 Å². The van der Waals surface area contributed by atoms with Crippen LogP contribution in [0.3, 0.4) is 0 Å². The van der Waals surface area contributed by atoms with Crippen molar-refractivity contribution in [1.29, 1.82) is 0 Å². The molecule has 0 bridgehead atoms. The predicted molar refractivity (Wildman–Crippen MR) is 106 cm³/mol. The second-order valence-corrected chi connectivity index (χ2v) is 6.25. The highest BCUT2D eigenvalue weighted by Crippen LogP contribution is 2.25. The normalized spacial score (nSPS) is 10.8. The predicted octanol–water partition coefficient (Wildman–Crippen LogP) is 4.15. The van der Waals surface area contributed by atoms with Crippen molar-refractivity contribution in [3.05, 3.63) is 83.9 Å². The van der Waals surface area contributed by atoms with Crippen LogP contribution >= 0.6 is 0 Å². The quantitative estimate of drug-likeness (QED) is 0.319. The fourth-order valence-electron chi connectivity index (χ4n) is 3.06. The lowest BCUT2D eigenvalue weighted by Crippen LogP contribution is -2.15. The number of hydrogen-bond acceptors (Lipinski definition) is 5. The van der Waals surface area contributed by atoms with Crippen molar-refractivity contribution >= 4 is 44.9 Å². The minimum Gasteiger partial charge on any atom is -0.398 e. The molecule has 4 aromatic carbocycles. The van der Waals surface area contributed by atoms with Crippen molar-refractivity contribution in [3.63, 3.8) is 0 Å². The van der Waals surface area contributed by atoms with E-state index < -0.39 is 11.9 Å². The van der Waals surface area contributed by atoms with Gasteiger partial charge in [0.15, 0.2) is 0 Å². The third-order valence-electron chi connectivity index (χ3n) is 4.46. The van der Waals surface area contributed by atoms with Gasteiger partial charge in [0.2, 0.25) is 0 Å². The zero-order valence-corrected chi connectivity index (χ0v) is 14.3. The largest absolute Gasteiger partial charge is 0.398 e. The summed E-state index contributed by atoms with van der Waals surface area (Å²) < 4.78 is 5.04. The molecule has 0 spiro atoms. The smallest absolute Gasteiger partial charge is 0.348 e. The first-order valence-electron chi connectivity index (χ1n) is 8.36. The van der Waals surface area contributed by atoms with Gasteiger partial charge in [0.05, 0.1) is 11.1 Å². The summed E-state index contributed by atoms with van der Waals surface area (Å²) in [6, 6.07) is 21.6. The molecule has 5 heteroatoms. The van der Waals surface area contributed by atoms with Crippen LogP contribution in [0, 0.1) is 0 Å². The molecule has 0 amide bonds. The fraction of sp³-hybridized carbons (Fsp3) is 0. The Morgan fingerprint density at radius 2 is 0.926 bits per heavy atom. The van der Waals surface area contributed by atoms with Gasteiger partial charge in [-0.1, -0.05) is 48.5 Å². The number of nitrogens with two attached hydrogens (primary N) is 2. The van der Waals surface area contributed by atoms with Gasteiger partial charge in [0, 0.05) is 11.4 Å². The standard InChI is InChI=1S/C22H16N2O3/c23-19-11-15-7-3-1-5-13(15)9-17(19)21(25)27-22(26)18-10-14-6-2-4-8-16(14)12-20(18)24/h1-12H,23-24H2. The number of esters is 2. The molecule has 0 fully saturated rings. The van der Waals surface area contributed by atoms with Crippen molar-refractivity contribution in [3.8, 4) is 0 Å². The SMILES string of the molecule is Nc1cc2ccccc2cc1C(=O)OC(=O)c1cc2ccccc2cc1N. The number of hydrogen-bond donors (Lipinski definition) is 2. The molecule has 0 saturated heterocycles. The molecule has 0 saturated carbocycles.